The third-order valence-electron chi connectivity index (χ3n) is 2.41. The van der Waals surface area contributed by atoms with Gasteiger partial charge in [-0.05, 0) is 24.5 Å². The predicted molar refractivity (Wildman–Crippen MR) is 51.0 cm³/mol. The molecule has 0 spiro atoms. The molecule has 1 aliphatic rings. The average molecular weight is 193 g/mol. The smallest absolute Gasteiger partial charge is 0.200 e. The van der Waals surface area contributed by atoms with E-state index in [2.05, 4.69) is 18.8 Å². The molecule has 74 valence electrons. The monoisotopic (exact) mass is 193 g/mol. The van der Waals surface area contributed by atoms with E-state index in [-0.39, 0.29) is 11.9 Å². The van der Waals surface area contributed by atoms with E-state index >= 15 is 0 Å². The van der Waals surface area contributed by atoms with Crippen molar-refractivity contribution in [2.75, 3.05) is 0 Å². The van der Waals surface area contributed by atoms with Crippen LogP contribution in [0.1, 0.15) is 32.3 Å². The Balaban J connectivity index is 2.70. The molecule has 1 unspecified atom stereocenters. The molecule has 0 saturated carbocycles. The maximum absolute atomic E-state index is 13.6. The van der Waals surface area contributed by atoms with Gasteiger partial charge < -0.3 is 0 Å². The van der Waals surface area contributed by atoms with Crippen molar-refractivity contribution in [2.45, 2.75) is 32.7 Å². The van der Waals surface area contributed by atoms with Crippen LogP contribution in [0.5, 0.6) is 0 Å². The summed E-state index contributed by atoms with van der Waals surface area (Å²) in [4.78, 5) is 4.18. The van der Waals surface area contributed by atoms with E-state index in [1.165, 1.54) is 0 Å². The summed E-state index contributed by atoms with van der Waals surface area (Å²) in [6.45, 7) is 6.05. The second kappa shape index (κ2) is 3.15. The molecule has 0 saturated heterocycles. The number of hydrogen-bond acceptors (Lipinski definition) is 1. The van der Waals surface area contributed by atoms with Crippen LogP contribution in [0.4, 0.5) is 4.39 Å². The summed E-state index contributed by atoms with van der Waals surface area (Å²) in [5.41, 5.74) is 1.45. The lowest BCUT2D eigenvalue weighted by Crippen LogP contribution is -2.37. The number of nitrogens with zero attached hydrogens (tertiary/aromatic N) is 2. The molecular weight excluding hydrogens is 179 g/mol. The van der Waals surface area contributed by atoms with Crippen LogP contribution < -0.4 is 9.73 Å². The molecule has 2 nitrogen and oxygen atoms in total. The van der Waals surface area contributed by atoms with Gasteiger partial charge in [0.15, 0.2) is 6.04 Å². The van der Waals surface area contributed by atoms with Gasteiger partial charge in [0.1, 0.15) is 6.21 Å². The third kappa shape index (κ3) is 1.43. The standard InChI is InChI=1S/C11H14FN2/c1-7(2)9-4-10(12)11-13-8(3)5-14(11)6-9/h4-8H,1-3H3/q+1. The van der Waals surface area contributed by atoms with E-state index in [1.807, 2.05) is 19.3 Å². The molecule has 0 fully saturated rings. The van der Waals surface area contributed by atoms with E-state index in [0.717, 1.165) is 5.56 Å². The minimum atomic E-state index is -0.225. The van der Waals surface area contributed by atoms with Gasteiger partial charge in [-0.25, -0.2) is 4.24 Å². The molecule has 0 aliphatic carbocycles. The highest BCUT2D eigenvalue weighted by molar-refractivity contribution is 5.11. The van der Waals surface area contributed by atoms with Crippen molar-refractivity contribution in [3.8, 4) is 0 Å². The van der Waals surface area contributed by atoms with Crippen LogP contribution in [0.25, 0.3) is 0 Å². The van der Waals surface area contributed by atoms with Gasteiger partial charge in [0.25, 0.3) is 0 Å². The van der Waals surface area contributed by atoms with Crippen molar-refractivity contribution in [3.63, 3.8) is 0 Å². The Hall–Kier alpha value is -1.25. The maximum Gasteiger partial charge on any atom is 0.358 e. The average Bonchev–Trinajstić information content (AvgIpc) is 2.45. The van der Waals surface area contributed by atoms with Gasteiger partial charge in [0.2, 0.25) is 5.82 Å². The Bertz CT molecular complexity index is 477. The van der Waals surface area contributed by atoms with E-state index in [1.54, 1.807) is 10.3 Å². The molecule has 0 amide bonds. The van der Waals surface area contributed by atoms with Crippen LogP contribution in [-0.2, 0) is 0 Å². The highest BCUT2D eigenvalue weighted by atomic mass is 19.1. The summed E-state index contributed by atoms with van der Waals surface area (Å²) in [7, 11) is 0. The molecule has 3 heteroatoms. The summed E-state index contributed by atoms with van der Waals surface area (Å²) >= 11 is 0. The number of hydrogen-bond donors (Lipinski definition) is 0. The Morgan fingerprint density at radius 1 is 1.50 bits per heavy atom. The molecular formula is C11H14FN2+. The molecule has 1 aliphatic heterocycles. The molecule has 1 aromatic heterocycles. The van der Waals surface area contributed by atoms with Crippen LogP contribution in [0, 0.1) is 12.0 Å². The summed E-state index contributed by atoms with van der Waals surface area (Å²) in [5, 5.41) is 0. The fourth-order valence-electron chi connectivity index (χ4n) is 1.61. The van der Waals surface area contributed by atoms with Gasteiger partial charge in [-0.1, -0.05) is 18.8 Å². The fourth-order valence-corrected chi connectivity index (χ4v) is 1.61. The number of fused-ring (bicyclic) bond motifs is 1. The molecule has 1 aromatic rings. The molecule has 0 aromatic carbocycles. The SMILES string of the molecule is CC1C=[n+]2cc(C(C)C)cc(F)c2=N1. The van der Waals surface area contributed by atoms with E-state index in [0.29, 0.717) is 11.4 Å². The molecule has 0 N–H and O–H groups in total. The van der Waals surface area contributed by atoms with Gasteiger partial charge in [-0.15, -0.1) is 0 Å². The Morgan fingerprint density at radius 2 is 2.21 bits per heavy atom. The minimum absolute atomic E-state index is 0.0758. The van der Waals surface area contributed by atoms with Gasteiger partial charge in [0.05, 0.1) is 6.20 Å². The molecule has 0 radical (unpaired) electrons. The second-order valence-corrected chi connectivity index (χ2v) is 4.03. The zero-order chi connectivity index (χ0) is 10.3. The summed E-state index contributed by atoms with van der Waals surface area (Å²) in [6, 6.07) is 1.65. The van der Waals surface area contributed by atoms with E-state index in [4.69, 9.17) is 0 Å². The number of pyridine rings is 1. The topological polar surface area (TPSA) is 18.3 Å². The van der Waals surface area contributed by atoms with Crippen LogP contribution in [0.15, 0.2) is 17.3 Å². The zero-order valence-electron chi connectivity index (χ0n) is 8.66. The maximum atomic E-state index is 13.6. The number of halogens is 1. The summed E-state index contributed by atoms with van der Waals surface area (Å²) in [5.74, 6) is 0.114. The third-order valence-corrected chi connectivity index (χ3v) is 2.41. The Kier molecular flexibility index (Phi) is 2.10. The lowest BCUT2D eigenvalue weighted by atomic mass is 10.1. The first-order valence-corrected chi connectivity index (χ1v) is 4.88. The lowest BCUT2D eigenvalue weighted by Gasteiger charge is -2.01. The van der Waals surface area contributed by atoms with Crippen molar-refractivity contribution in [1.29, 1.82) is 0 Å². The van der Waals surface area contributed by atoms with E-state index < -0.39 is 0 Å². The molecule has 2 heterocycles. The molecule has 2 rings (SSSR count). The molecule has 0 bridgehead atoms. The Morgan fingerprint density at radius 3 is 2.86 bits per heavy atom. The van der Waals surface area contributed by atoms with Crippen LogP contribution in [-0.4, -0.2) is 6.04 Å². The first-order chi connectivity index (χ1) is 6.58. The molecule has 14 heavy (non-hydrogen) atoms. The second-order valence-electron chi connectivity index (χ2n) is 4.03. The fraction of sp³-hybridized carbons (Fsp3) is 0.455. The summed E-state index contributed by atoms with van der Waals surface area (Å²) in [6.07, 6.45) is 3.88. The quantitative estimate of drug-likeness (QED) is 0.598. The van der Waals surface area contributed by atoms with Crippen molar-refractivity contribution < 1.29 is 8.63 Å². The predicted octanol–water partition coefficient (Wildman–Crippen LogP) is 1.27. The van der Waals surface area contributed by atoms with Crippen molar-refractivity contribution in [3.05, 3.63) is 35.3 Å². The minimum Gasteiger partial charge on any atom is -0.200 e. The lowest BCUT2D eigenvalue weighted by molar-refractivity contribution is -0.526. The summed E-state index contributed by atoms with van der Waals surface area (Å²) < 4.78 is 15.3. The van der Waals surface area contributed by atoms with Gasteiger partial charge in [-0.3, -0.25) is 0 Å². The Labute approximate surface area is 82.5 Å². The molecule has 1 atom stereocenters. The van der Waals surface area contributed by atoms with Crippen LogP contribution in [0.2, 0.25) is 0 Å². The van der Waals surface area contributed by atoms with Crippen LogP contribution in [0.3, 0.4) is 0 Å². The van der Waals surface area contributed by atoms with Gasteiger partial charge >= 0.3 is 5.49 Å². The highest BCUT2D eigenvalue weighted by Crippen LogP contribution is 2.11. The van der Waals surface area contributed by atoms with Gasteiger partial charge in [0, 0.05) is 0 Å². The van der Waals surface area contributed by atoms with Crippen molar-refractivity contribution in [2.24, 2.45) is 4.99 Å². The number of aromatic nitrogens is 1. The first kappa shape index (κ1) is 9.31. The van der Waals surface area contributed by atoms with Crippen molar-refractivity contribution in [1.82, 2.24) is 0 Å². The van der Waals surface area contributed by atoms with E-state index in [9.17, 15) is 4.39 Å². The number of rotatable bonds is 1. The van der Waals surface area contributed by atoms with Crippen molar-refractivity contribution >= 4 is 0 Å². The van der Waals surface area contributed by atoms with Crippen LogP contribution >= 0.6 is 0 Å². The first-order valence-electron chi connectivity index (χ1n) is 4.88. The van der Waals surface area contributed by atoms with Gasteiger partial charge in [-0.2, -0.15) is 4.39 Å². The zero-order valence-corrected chi connectivity index (χ0v) is 8.66. The largest absolute Gasteiger partial charge is 0.358 e. The highest BCUT2D eigenvalue weighted by Gasteiger charge is 2.18. The normalized spacial score (nSPS) is 19.1.